The number of carbonyl (C=O) groups is 2. The minimum Gasteiger partial charge on any atom is -0.484 e. The Morgan fingerprint density at radius 1 is 0.711 bits per heavy atom. The van der Waals surface area contributed by atoms with E-state index < -0.39 is 0 Å². The molecule has 0 aliphatic carbocycles. The smallest absolute Gasteiger partial charge is 0.262 e. The molecule has 2 amide bonds. The SMILES string of the molecule is CCC(C)(C)c1ccc(OCC(=O)Nc2ccccc2C(=O)Nc2ccc(Nc3ccccc3)cc2)cc1. The molecular formula is C32H33N3O3. The van der Waals surface area contributed by atoms with Crippen LogP contribution in [-0.4, -0.2) is 18.4 Å². The Morgan fingerprint density at radius 2 is 1.32 bits per heavy atom. The van der Waals surface area contributed by atoms with Gasteiger partial charge in [-0.2, -0.15) is 0 Å². The molecule has 0 aliphatic heterocycles. The summed E-state index contributed by atoms with van der Waals surface area (Å²) in [6.45, 7) is 6.39. The molecule has 3 N–H and O–H groups in total. The van der Waals surface area contributed by atoms with E-state index in [1.165, 1.54) is 5.56 Å². The second-order valence-corrected chi connectivity index (χ2v) is 9.67. The number of para-hydroxylation sites is 2. The number of hydrogen-bond acceptors (Lipinski definition) is 4. The molecule has 4 aromatic rings. The maximum atomic E-state index is 13.0. The Labute approximate surface area is 224 Å². The molecule has 0 atom stereocenters. The summed E-state index contributed by atoms with van der Waals surface area (Å²) in [5.41, 5.74) is 4.62. The lowest BCUT2D eigenvalue weighted by Crippen LogP contribution is -2.23. The fraction of sp³-hybridized carbons (Fsp3) is 0.188. The fourth-order valence-corrected chi connectivity index (χ4v) is 3.86. The Morgan fingerprint density at radius 3 is 2.00 bits per heavy atom. The average Bonchev–Trinajstić information content (AvgIpc) is 2.94. The Kier molecular flexibility index (Phi) is 8.44. The van der Waals surface area contributed by atoms with Crippen LogP contribution in [0.15, 0.2) is 103 Å². The van der Waals surface area contributed by atoms with Crippen molar-refractivity contribution in [2.24, 2.45) is 0 Å². The van der Waals surface area contributed by atoms with Gasteiger partial charge in [0.25, 0.3) is 11.8 Å². The molecule has 0 unspecified atom stereocenters. The second-order valence-electron chi connectivity index (χ2n) is 9.67. The van der Waals surface area contributed by atoms with Crippen LogP contribution in [0, 0.1) is 0 Å². The van der Waals surface area contributed by atoms with Gasteiger partial charge < -0.3 is 20.7 Å². The molecule has 0 saturated carbocycles. The van der Waals surface area contributed by atoms with Crippen molar-refractivity contribution in [2.75, 3.05) is 22.6 Å². The molecular weight excluding hydrogens is 474 g/mol. The van der Waals surface area contributed by atoms with Crippen LogP contribution >= 0.6 is 0 Å². The first-order valence-electron chi connectivity index (χ1n) is 12.7. The van der Waals surface area contributed by atoms with Gasteiger partial charge in [0.2, 0.25) is 0 Å². The maximum absolute atomic E-state index is 13.0. The maximum Gasteiger partial charge on any atom is 0.262 e. The van der Waals surface area contributed by atoms with Crippen molar-refractivity contribution >= 4 is 34.6 Å². The molecule has 4 rings (SSSR count). The highest BCUT2D eigenvalue weighted by atomic mass is 16.5. The summed E-state index contributed by atoms with van der Waals surface area (Å²) in [6, 6.07) is 32.0. The summed E-state index contributed by atoms with van der Waals surface area (Å²) in [4.78, 5) is 25.6. The summed E-state index contributed by atoms with van der Waals surface area (Å²) in [5.74, 6) is -0.0497. The van der Waals surface area contributed by atoms with Gasteiger partial charge in [0, 0.05) is 17.1 Å². The second kappa shape index (κ2) is 12.1. The number of rotatable bonds is 10. The van der Waals surface area contributed by atoms with Crippen LogP contribution in [0.25, 0.3) is 0 Å². The molecule has 6 heteroatoms. The van der Waals surface area contributed by atoms with Crippen molar-refractivity contribution in [3.05, 3.63) is 114 Å². The summed E-state index contributed by atoms with van der Waals surface area (Å²) in [6.07, 6.45) is 1.03. The third-order valence-corrected chi connectivity index (χ3v) is 6.54. The number of carbonyl (C=O) groups excluding carboxylic acids is 2. The zero-order valence-electron chi connectivity index (χ0n) is 22.0. The van der Waals surface area contributed by atoms with Gasteiger partial charge in [0.1, 0.15) is 5.75 Å². The minimum atomic E-state index is -0.348. The van der Waals surface area contributed by atoms with E-state index in [-0.39, 0.29) is 23.8 Å². The normalized spacial score (nSPS) is 10.9. The molecule has 0 aromatic heterocycles. The molecule has 0 saturated heterocycles. The highest BCUT2D eigenvalue weighted by Gasteiger charge is 2.18. The molecule has 0 spiro atoms. The molecule has 0 bridgehead atoms. The Bertz CT molecular complexity index is 1370. The Balaban J connectivity index is 1.34. The van der Waals surface area contributed by atoms with E-state index in [2.05, 4.69) is 36.7 Å². The molecule has 38 heavy (non-hydrogen) atoms. The van der Waals surface area contributed by atoms with Crippen LogP contribution in [0.5, 0.6) is 5.75 Å². The molecule has 0 radical (unpaired) electrons. The van der Waals surface area contributed by atoms with Crippen molar-refractivity contribution in [1.82, 2.24) is 0 Å². The third kappa shape index (κ3) is 7.01. The van der Waals surface area contributed by atoms with E-state index in [9.17, 15) is 9.59 Å². The molecule has 0 fully saturated rings. The predicted molar refractivity (Wildman–Crippen MR) is 154 cm³/mol. The van der Waals surface area contributed by atoms with Crippen molar-refractivity contribution in [1.29, 1.82) is 0 Å². The van der Waals surface area contributed by atoms with Crippen LogP contribution in [0.2, 0.25) is 0 Å². The first-order chi connectivity index (χ1) is 18.3. The number of anilines is 4. The molecule has 6 nitrogen and oxygen atoms in total. The first-order valence-corrected chi connectivity index (χ1v) is 12.7. The number of hydrogen-bond donors (Lipinski definition) is 3. The monoisotopic (exact) mass is 507 g/mol. The van der Waals surface area contributed by atoms with E-state index in [1.54, 1.807) is 24.3 Å². The zero-order valence-corrected chi connectivity index (χ0v) is 22.0. The van der Waals surface area contributed by atoms with Gasteiger partial charge in [-0.25, -0.2) is 0 Å². The highest BCUT2D eigenvalue weighted by Crippen LogP contribution is 2.28. The molecule has 4 aromatic carbocycles. The van der Waals surface area contributed by atoms with E-state index in [0.717, 1.165) is 17.8 Å². The number of nitrogens with one attached hydrogen (secondary N) is 3. The highest BCUT2D eigenvalue weighted by molar-refractivity contribution is 6.10. The van der Waals surface area contributed by atoms with Gasteiger partial charge in [-0.1, -0.05) is 63.2 Å². The van der Waals surface area contributed by atoms with Gasteiger partial charge in [-0.15, -0.1) is 0 Å². The van der Waals surface area contributed by atoms with E-state index >= 15 is 0 Å². The average molecular weight is 508 g/mol. The first kappa shape index (κ1) is 26.5. The van der Waals surface area contributed by atoms with E-state index in [0.29, 0.717) is 22.7 Å². The van der Waals surface area contributed by atoms with Crippen LogP contribution in [0.4, 0.5) is 22.7 Å². The zero-order chi connectivity index (χ0) is 27.0. The minimum absolute atomic E-state index is 0.0846. The van der Waals surface area contributed by atoms with E-state index in [4.69, 9.17) is 4.74 Å². The van der Waals surface area contributed by atoms with Crippen molar-refractivity contribution in [3.63, 3.8) is 0 Å². The summed E-state index contributed by atoms with van der Waals surface area (Å²) >= 11 is 0. The van der Waals surface area contributed by atoms with Crippen molar-refractivity contribution in [3.8, 4) is 5.75 Å². The van der Waals surface area contributed by atoms with Crippen LogP contribution < -0.4 is 20.7 Å². The van der Waals surface area contributed by atoms with Crippen molar-refractivity contribution in [2.45, 2.75) is 32.6 Å². The summed E-state index contributed by atoms with van der Waals surface area (Å²) in [5, 5.41) is 9.00. The largest absolute Gasteiger partial charge is 0.484 e. The number of amides is 2. The lowest BCUT2D eigenvalue weighted by molar-refractivity contribution is -0.118. The van der Waals surface area contributed by atoms with E-state index in [1.807, 2.05) is 78.9 Å². The van der Waals surface area contributed by atoms with Crippen LogP contribution in [0.3, 0.4) is 0 Å². The fourth-order valence-electron chi connectivity index (χ4n) is 3.86. The summed E-state index contributed by atoms with van der Waals surface area (Å²) < 4.78 is 5.67. The Hall–Kier alpha value is -4.58. The topological polar surface area (TPSA) is 79.5 Å². The lowest BCUT2D eigenvalue weighted by atomic mass is 9.82. The quantitative estimate of drug-likeness (QED) is 0.209. The van der Waals surface area contributed by atoms with Gasteiger partial charge in [0.05, 0.1) is 11.3 Å². The molecule has 0 heterocycles. The van der Waals surface area contributed by atoms with Crippen LogP contribution in [0.1, 0.15) is 43.1 Å². The van der Waals surface area contributed by atoms with Crippen molar-refractivity contribution < 1.29 is 14.3 Å². The predicted octanol–water partition coefficient (Wildman–Crippen LogP) is 7.39. The van der Waals surface area contributed by atoms with Crippen LogP contribution in [-0.2, 0) is 10.2 Å². The van der Waals surface area contributed by atoms with Gasteiger partial charge in [0.15, 0.2) is 6.61 Å². The lowest BCUT2D eigenvalue weighted by Gasteiger charge is -2.23. The standard InChI is InChI=1S/C32H33N3O3/c1-4-32(2,3)23-14-20-27(21-15-23)38-22-30(36)35-29-13-9-8-12-28(29)31(37)34-26-18-16-25(17-19-26)33-24-10-6-5-7-11-24/h5-21,33H,4,22H2,1-3H3,(H,34,37)(H,35,36). The van der Waals surface area contributed by atoms with Gasteiger partial charge >= 0.3 is 0 Å². The molecule has 194 valence electrons. The number of benzene rings is 4. The van der Waals surface area contributed by atoms with Gasteiger partial charge in [-0.3, -0.25) is 9.59 Å². The third-order valence-electron chi connectivity index (χ3n) is 6.54. The molecule has 0 aliphatic rings. The van der Waals surface area contributed by atoms with Gasteiger partial charge in [-0.05, 0) is 78.1 Å². The summed E-state index contributed by atoms with van der Waals surface area (Å²) in [7, 11) is 0. The number of ether oxygens (including phenoxy) is 1.